The molecule has 2 saturated heterocycles. The number of carbonyl (C=O) groups is 4. The summed E-state index contributed by atoms with van der Waals surface area (Å²) in [6.07, 6.45) is 10.1. The molecule has 10 rings (SSSR count). The Kier molecular flexibility index (Phi) is 17.4. The maximum Gasteiger partial charge on any atom is 0.408 e. The molecule has 17 nitrogen and oxygen atoms in total. The fourth-order valence-corrected chi connectivity index (χ4v) is 10.5. The standard InChI is InChI=1S/C28H34BrN5O3.C15H20N4.C13H16BrNO4/c1-17-15-21(18-12-13-18)30-24-16-22(32-34(17)24)23-11-7-8-14-33(23)26(35)25(19-9-5-6-10-20(19)29)31-27(36)37-28(2,3)4;1-10-8-13(11-5-6-11)17-15-9-14(18-19(10)15)12-4-2-3-7-16-12;1-13(2,3)19-12(18)15-10(11(16)17)8-6-4-5-7-9(8)14/h5-6,9-10,15-16,18,23,25H,7-8,11-14H2,1-4H3,(H,31,36);8-9,11-12,16H,2-7H2,1H3;4-7,10H,1-3H3,(H,15,18)(H,16,17)/t23-,25?;12-;/m00./s1. The molecule has 4 fully saturated rings. The first-order valence-corrected chi connectivity index (χ1v) is 27.7. The summed E-state index contributed by atoms with van der Waals surface area (Å²) in [7, 11) is 0. The van der Waals surface area contributed by atoms with Crippen LogP contribution in [0.1, 0.15) is 187 Å². The van der Waals surface area contributed by atoms with Gasteiger partial charge in [0.1, 0.15) is 17.2 Å². The molecule has 4 aliphatic rings. The van der Waals surface area contributed by atoms with Gasteiger partial charge in [-0.3, -0.25) is 4.79 Å². The normalized spacial score (nSPS) is 18.7. The van der Waals surface area contributed by atoms with Crippen LogP contribution >= 0.6 is 31.9 Å². The molecule has 4 aromatic heterocycles. The van der Waals surface area contributed by atoms with Crippen molar-refractivity contribution in [3.05, 3.63) is 127 Å². The number of carbonyl (C=O) groups excluding carboxylic acids is 3. The first-order chi connectivity index (χ1) is 35.6. The highest BCUT2D eigenvalue weighted by Crippen LogP contribution is 2.41. The van der Waals surface area contributed by atoms with E-state index < -0.39 is 41.4 Å². The van der Waals surface area contributed by atoms with Crippen molar-refractivity contribution >= 4 is 67.2 Å². The number of nitrogens with zero attached hydrogens (tertiary/aromatic N) is 7. The molecule has 2 aliphatic carbocycles. The number of hydrogen-bond donors (Lipinski definition) is 4. The third-order valence-electron chi connectivity index (χ3n) is 13.3. The van der Waals surface area contributed by atoms with Crippen LogP contribution in [0, 0.1) is 13.8 Å². The number of benzene rings is 2. The minimum atomic E-state index is -1.16. The molecular weight excluding hydrogens is 1080 g/mol. The smallest absolute Gasteiger partial charge is 0.408 e. The van der Waals surface area contributed by atoms with Crippen LogP contribution in [0.2, 0.25) is 0 Å². The largest absolute Gasteiger partial charge is 0.479 e. The quantitative estimate of drug-likeness (QED) is 0.101. The monoisotopic (exact) mass is 1150 g/mol. The number of aromatic nitrogens is 6. The zero-order valence-corrected chi connectivity index (χ0v) is 47.3. The highest BCUT2D eigenvalue weighted by Gasteiger charge is 2.38. The average Bonchev–Trinajstić information content (AvgIpc) is 4.30. The molecule has 4 N–H and O–H groups in total. The molecule has 0 radical (unpaired) electrons. The van der Waals surface area contributed by atoms with Crippen LogP contribution in [-0.4, -0.2) is 87.6 Å². The molecule has 2 saturated carbocycles. The van der Waals surface area contributed by atoms with Crippen LogP contribution in [0.25, 0.3) is 11.3 Å². The molecule has 75 heavy (non-hydrogen) atoms. The number of amides is 3. The Bertz CT molecular complexity index is 3020. The number of piperidine rings is 2. The maximum absolute atomic E-state index is 14.2. The average molecular weight is 1160 g/mol. The molecule has 4 atom stereocenters. The number of aryl methyl sites for hydroxylation is 2. The third-order valence-corrected chi connectivity index (χ3v) is 14.8. The summed E-state index contributed by atoms with van der Waals surface area (Å²) in [4.78, 5) is 61.4. The minimum Gasteiger partial charge on any atom is -0.479 e. The number of alkyl carbamates (subject to hydrolysis) is 2. The van der Waals surface area contributed by atoms with Gasteiger partial charge in [-0.25, -0.2) is 33.4 Å². The van der Waals surface area contributed by atoms with Gasteiger partial charge >= 0.3 is 18.2 Å². The lowest BCUT2D eigenvalue weighted by Gasteiger charge is -2.37. The van der Waals surface area contributed by atoms with E-state index >= 15 is 0 Å². The molecule has 2 aliphatic heterocycles. The number of carboxylic acids is 1. The highest BCUT2D eigenvalue weighted by molar-refractivity contribution is 9.10. The molecule has 0 bridgehead atoms. The fourth-order valence-electron chi connectivity index (χ4n) is 9.43. The predicted octanol–water partition coefficient (Wildman–Crippen LogP) is 11.8. The van der Waals surface area contributed by atoms with Crippen molar-refractivity contribution in [2.45, 2.75) is 167 Å². The molecule has 2 unspecified atom stereocenters. The van der Waals surface area contributed by atoms with Crippen molar-refractivity contribution in [3.63, 3.8) is 0 Å². The Morgan fingerprint density at radius 2 is 1.12 bits per heavy atom. The second-order valence-corrected chi connectivity index (χ2v) is 23.7. The number of fused-ring (bicyclic) bond motifs is 2. The topological polar surface area (TPSA) is 207 Å². The van der Waals surface area contributed by atoms with E-state index in [1.165, 1.54) is 56.3 Å². The SMILES string of the molecule is CC(C)(C)OC(=O)NC(C(=O)O)c1ccccc1Br.Cc1cc(C2CC2)nc2cc([C@@H]3CCCCN3)nn12.Cc1cc(C2CC2)nc2cc([C@@H]3CCCCN3C(=O)C(NC(=O)OC(C)(C)C)c3ccccc3Br)nn12. The van der Waals surface area contributed by atoms with Gasteiger partial charge in [0.2, 0.25) is 0 Å². The van der Waals surface area contributed by atoms with Gasteiger partial charge in [-0.2, -0.15) is 10.2 Å². The molecule has 0 spiro atoms. The molecule has 19 heteroatoms. The second-order valence-electron chi connectivity index (χ2n) is 22.0. The van der Waals surface area contributed by atoms with E-state index in [2.05, 4.69) is 79.9 Å². The number of halogens is 2. The van der Waals surface area contributed by atoms with Gasteiger partial charge in [0, 0.05) is 62.2 Å². The number of carboxylic acid groups (broad SMARTS) is 1. The van der Waals surface area contributed by atoms with Gasteiger partial charge in [0.15, 0.2) is 17.3 Å². The van der Waals surface area contributed by atoms with Crippen LogP contribution in [-0.2, 0) is 19.1 Å². The number of aliphatic carboxylic acids is 1. The summed E-state index contributed by atoms with van der Waals surface area (Å²) < 4.78 is 15.8. The van der Waals surface area contributed by atoms with Gasteiger partial charge in [0.25, 0.3) is 5.91 Å². The molecule has 400 valence electrons. The van der Waals surface area contributed by atoms with Crippen LogP contribution in [0.4, 0.5) is 9.59 Å². The molecular formula is C56H70Br2N10O7. The van der Waals surface area contributed by atoms with Crippen LogP contribution < -0.4 is 16.0 Å². The van der Waals surface area contributed by atoms with Crippen molar-refractivity contribution in [1.29, 1.82) is 0 Å². The van der Waals surface area contributed by atoms with E-state index in [0.717, 1.165) is 64.4 Å². The lowest BCUT2D eigenvalue weighted by atomic mass is 9.96. The van der Waals surface area contributed by atoms with Gasteiger partial charge < -0.3 is 35.4 Å². The molecule has 6 aromatic rings. The Hall–Kier alpha value is -5.92. The summed E-state index contributed by atoms with van der Waals surface area (Å²) in [5, 5.41) is 27.6. The van der Waals surface area contributed by atoms with Crippen LogP contribution in [0.3, 0.4) is 0 Å². The minimum absolute atomic E-state index is 0.178. The van der Waals surface area contributed by atoms with E-state index in [1.54, 1.807) is 65.8 Å². The van der Waals surface area contributed by atoms with Crippen molar-refractivity contribution in [2.75, 3.05) is 13.1 Å². The van der Waals surface area contributed by atoms with Gasteiger partial charge in [-0.15, -0.1) is 0 Å². The van der Waals surface area contributed by atoms with E-state index in [0.29, 0.717) is 40.0 Å². The van der Waals surface area contributed by atoms with E-state index in [9.17, 15) is 24.3 Å². The number of hydrogen-bond acceptors (Lipinski definition) is 11. The van der Waals surface area contributed by atoms with Crippen LogP contribution in [0.15, 0.2) is 81.7 Å². The van der Waals surface area contributed by atoms with E-state index in [4.69, 9.17) is 29.6 Å². The Morgan fingerprint density at radius 1 is 0.640 bits per heavy atom. The summed E-state index contributed by atoms with van der Waals surface area (Å²) in [5.41, 5.74) is 8.25. The van der Waals surface area contributed by atoms with Crippen molar-refractivity contribution < 1.29 is 33.8 Å². The Balaban J connectivity index is 0.000000165. The molecule has 3 amide bonds. The first-order valence-electron chi connectivity index (χ1n) is 26.1. The van der Waals surface area contributed by atoms with E-state index in [-0.39, 0.29) is 11.9 Å². The Morgan fingerprint density at radius 3 is 1.60 bits per heavy atom. The summed E-state index contributed by atoms with van der Waals surface area (Å²) in [5.74, 6) is -0.0747. The Labute approximate surface area is 455 Å². The van der Waals surface area contributed by atoms with E-state index in [1.807, 2.05) is 44.3 Å². The first kappa shape index (κ1) is 55.3. The third kappa shape index (κ3) is 14.5. The van der Waals surface area contributed by atoms with Crippen molar-refractivity contribution in [2.24, 2.45) is 0 Å². The zero-order valence-electron chi connectivity index (χ0n) is 44.2. The van der Waals surface area contributed by atoms with Gasteiger partial charge in [0.05, 0.1) is 23.5 Å². The highest BCUT2D eigenvalue weighted by atomic mass is 79.9. The van der Waals surface area contributed by atoms with Gasteiger partial charge in [-0.05, 0) is 155 Å². The molecule has 2 aromatic carbocycles. The fraction of sp³-hybridized carbons (Fsp3) is 0.500. The lowest BCUT2D eigenvalue weighted by molar-refractivity contribution is -0.140. The maximum atomic E-state index is 14.2. The lowest BCUT2D eigenvalue weighted by Crippen LogP contribution is -2.47. The summed E-state index contributed by atoms with van der Waals surface area (Å²) in [6, 6.07) is 20.9. The summed E-state index contributed by atoms with van der Waals surface area (Å²) >= 11 is 6.83. The predicted molar refractivity (Wildman–Crippen MR) is 292 cm³/mol. The summed E-state index contributed by atoms with van der Waals surface area (Å²) in [6.45, 7) is 16.4. The zero-order chi connectivity index (χ0) is 53.8. The van der Waals surface area contributed by atoms with Crippen LogP contribution in [0.5, 0.6) is 0 Å². The van der Waals surface area contributed by atoms with Crippen molar-refractivity contribution in [3.8, 4) is 0 Å². The molecule has 6 heterocycles. The second kappa shape index (κ2) is 23.5. The number of rotatable bonds is 10. The number of ether oxygens (including phenoxy) is 2. The van der Waals surface area contributed by atoms with Crippen molar-refractivity contribution in [1.82, 2.24) is 50.0 Å². The van der Waals surface area contributed by atoms with Gasteiger partial charge in [-0.1, -0.05) is 74.7 Å². The number of likely N-dealkylation sites (tertiary alicyclic amines) is 1. The number of nitrogens with one attached hydrogen (secondary N) is 3.